The fraction of sp³-hybridized carbons (Fsp3) is 0.143. The third-order valence-corrected chi connectivity index (χ3v) is 3.22. The molecule has 0 aliphatic rings. The molecule has 0 bridgehead atoms. The van der Waals surface area contributed by atoms with Crippen LogP contribution in [0.5, 0.6) is 0 Å². The molecule has 2 N–H and O–H groups in total. The Morgan fingerprint density at radius 3 is 2.11 bits per heavy atom. The number of rotatable bonds is 5. The standard InChI is InChI=1S/C14H14BrClN2/c15-13-5-1-3-11(7-13)9-17-18-10-12-4-2-6-14(16)8-12/h1-8,17-18H,9-10H2. The van der Waals surface area contributed by atoms with Crippen LogP contribution in [-0.2, 0) is 13.1 Å². The first-order valence-electron chi connectivity index (χ1n) is 5.68. The number of nitrogens with one attached hydrogen (secondary N) is 2. The molecule has 0 aromatic heterocycles. The van der Waals surface area contributed by atoms with Gasteiger partial charge in [-0.1, -0.05) is 51.8 Å². The fourth-order valence-corrected chi connectivity index (χ4v) is 2.28. The van der Waals surface area contributed by atoms with E-state index < -0.39 is 0 Å². The van der Waals surface area contributed by atoms with Crippen LogP contribution >= 0.6 is 27.5 Å². The van der Waals surface area contributed by atoms with Crippen LogP contribution < -0.4 is 10.9 Å². The van der Waals surface area contributed by atoms with Gasteiger partial charge in [0.2, 0.25) is 0 Å². The first kappa shape index (κ1) is 13.6. The molecule has 0 radical (unpaired) electrons. The van der Waals surface area contributed by atoms with E-state index in [-0.39, 0.29) is 0 Å². The Bertz CT molecular complexity index is 469. The molecule has 4 heteroatoms. The molecule has 0 saturated heterocycles. The Morgan fingerprint density at radius 1 is 0.889 bits per heavy atom. The van der Waals surface area contributed by atoms with Crippen molar-refractivity contribution in [3.63, 3.8) is 0 Å². The summed E-state index contributed by atoms with van der Waals surface area (Å²) in [6.07, 6.45) is 0. The highest BCUT2D eigenvalue weighted by Gasteiger charge is 1.95. The lowest BCUT2D eigenvalue weighted by Crippen LogP contribution is -2.30. The number of benzene rings is 2. The van der Waals surface area contributed by atoms with Gasteiger partial charge in [-0.3, -0.25) is 10.9 Å². The van der Waals surface area contributed by atoms with Crippen LogP contribution in [0.25, 0.3) is 0 Å². The minimum Gasteiger partial charge on any atom is -0.253 e. The molecule has 0 amide bonds. The topological polar surface area (TPSA) is 24.1 Å². The van der Waals surface area contributed by atoms with Crippen LogP contribution in [0, 0.1) is 0 Å². The highest BCUT2D eigenvalue weighted by atomic mass is 79.9. The zero-order valence-electron chi connectivity index (χ0n) is 9.79. The second-order valence-corrected chi connectivity index (χ2v) is 5.32. The van der Waals surface area contributed by atoms with E-state index >= 15 is 0 Å². The van der Waals surface area contributed by atoms with Gasteiger partial charge in [-0.15, -0.1) is 0 Å². The smallest absolute Gasteiger partial charge is 0.0409 e. The van der Waals surface area contributed by atoms with Gasteiger partial charge in [0.05, 0.1) is 0 Å². The Kier molecular flexibility index (Phi) is 5.20. The normalized spacial score (nSPS) is 10.6. The number of hydrazine groups is 1. The maximum Gasteiger partial charge on any atom is 0.0409 e. The van der Waals surface area contributed by atoms with Crippen molar-refractivity contribution < 1.29 is 0 Å². The van der Waals surface area contributed by atoms with Crippen molar-refractivity contribution in [3.8, 4) is 0 Å². The SMILES string of the molecule is Clc1cccc(CNNCc2cccc(Br)c2)c1. The monoisotopic (exact) mass is 324 g/mol. The van der Waals surface area contributed by atoms with Crippen molar-refractivity contribution in [2.24, 2.45) is 0 Å². The Hall–Kier alpha value is -0.870. The third-order valence-electron chi connectivity index (χ3n) is 2.49. The van der Waals surface area contributed by atoms with Crippen LogP contribution in [0.1, 0.15) is 11.1 Å². The first-order valence-corrected chi connectivity index (χ1v) is 6.86. The van der Waals surface area contributed by atoms with E-state index in [1.165, 1.54) is 5.56 Å². The summed E-state index contributed by atoms with van der Waals surface area (Å²) in [5.74, 6) is 0. The van der Waals surface area contributed by atoms with Crippen LogP contribution in [0.4, 0.5) is 0 Å². The average molecular weight is 326 g/mol. The van der Waals surface area contributed by atoms with Crippen LogP contribution in [-0.4, -0.2) is 0 Å². The van der Waals surface area contributed by atoms with E-state index in [2.05, 4.69) is 38.9 Å². The molecule has 18 heavy (non-hydrogen) atoms. The van der Waals surface area contributed by atoms with E-state index in [1.54, 1.807) is 0 Å². The van der Waals surface area contributed by atoms with Gasteiger partial charge >= 0.3 is 0 Å². The number of hydrogen-bond donors (Lipinski definition) is 2. The summed E-state index contributed by atoms with van der Waals surface area (Å²) in [4.78, 5) is 0. The summed E-state index contributed by atoms with van der Waals surface area (Å²) in [7, 11) is 0. The Labute approximate surface area is 120 Å². The summed E-state index contributed by atoms with van der Waals surface area (Å²) in [5.41, 5.74) is 8.74. The molecule has 0 unspecified atom stereocenters. The zero-order chi connectivity index (χ0) is 12.8. The molecule has 0 spiro atoms. The van der Waals surface area contributed by atoms with Crippen LogP contribution in [0.15, 0.2) is 53.0 Å². The second kappa shape index (κ2) is 6.90. The highest BCUT2D eigenvalue weighted by Crippen LogP contribution is 2.11. The van der Waals surface area contributed by atoms with Gasteiger partial charge in [-0.2, -0.15) is 0 Å². The Balaban J connectivity index is 1.76. The second-order valence-electron chi connectivity index (χ2n) is 3.97. The first-order chi connectivity index (χ1) is 8.74. The van der Waals surface area contributed by atoms with Gasteiger partial charge in [0, 0.05) is 22.6 Å². The molecule has 0 aliphatic heterocycles. The van der Waals surface area contributed by atoms with Gasteiger partial charge in [0.25, 0.3) is 0 Å². The van der Waals surface area contributed by atoms with Gasteiger partial charge in [-0.05, 0) is 35.4 Å². The molecule has 0 saturated carbocycles. The molecule has 0 heterocycles. The van der Waals surface area contributed by atoms with Gasteiger partial charge in [0.15, 0.2) is 0 Å². The maximum atomic E-state index is 5.92. The summed E-state index contributed by atoms with van der Waals surface area (Å²) < 4.78 is 1.09. The van der Waals surface area contributed by atoms with Crippen LogP contribution in [0.2, 0.25) is 5.02 Å². The molecular formula is C14H14BrClN2. The van der Waals surface area contributed by atoms with Crippen LogP contribution in [0.3, 0.4) is 0 Å². The lowest BCUT2D eigenvalue weighted by atomic mass is 10.2. The summed E-state index contributed by atoms with van der Waals surface area (Å²) in [6, 6.07) is 16.0. The highest BCUT2D eigenvalue weighted by molar-refractivity contribution is 9.10. The molecule has 0 atom stereocenters. The molecule has 94 valence electrons. The molecule has 0 aliphatic carbocycles. The maximum absolute atomic E-state index is 5.92. The summed E-state index contributed by atoms with van der Waals surface area (Å²) in [5, 5.41) is 0.765. The average Bonchev–Trinajstić information content (AvgIpc) is 2.35. The van der Waals surface area contributed by atoms with E-state index in [9.17, 15) is 0 Å². The summed E-state index contributed by atoms with van der Waals surface area (Å²) in [6.45, 7) is 1.52. The largest absolute Gasteiger partial charge is 0.253 e. The van der Waals surface area contributed by atoms with Gasteiger partial charge < -0.3 is 0 Å². The van der Waals surface area contributed by atoms with Crippen molar-refractivity contribution in [2.75, 3.05) is 0 Å². The predicted octanol–water partition coefficient (Wildman–Crippen LogP) is 3.90. The van der Waals surface area contributed by atoms with E-state index in [0.29, 0.717) is 0 Å². The van der Waals surface area contributed by atoms with E-state index in [0.717, 1.165) is 28.1 Å². The number of halogens is 2. The quantitative estimate of drug-likeness (QED) is 0.643. The molecule has 2 rings (SSSR count). The van der Waals surface area contributed by atoms with Crippen molar-refractivity contribution in [2.45, 2.75) is 13.1 Å². The Morgan fingerprint density at radius 2 is 1.50 bits per heavy atom. The van der Waals surface area contributed by atoms with Crippen molar-refractivity contribution >= 4 is 27.5 Å². The van der Waals surface area contributed by atoms with Gasteiger partial charge in [0.1, 0.15) is 0 Å². The fourth-order valence-electron chi connectivity index (χ4n) is 1.62. The summed E-state index contributed by atoms with van der Waals surface area (Å²) >= 11 is 9.37. The lowest BCUT2D eigenvalue weighted by molar-refractivity contribution is 0.529. The van der Waals surface area contributed by atoms with Crippen molar-refractivity contribution in [1.29, 1.82) is 0 Å². The molecule has 2 aromatic carbocycles. The number of hydrogen-bond acceptors (Lipinski definition) is 2. The molecular weight excluding hydrogens is 312 g/mol. The van der Waals surface area contributed by atoms with E-state index in [4.69, 9.17) is 11.6 Å². The lowest BCUT2D eigenvalue weighted by Gasteiger charge is -2.07. The molecule has 0 fully saturated rings. The predicted molar refractivity (Wildman–Crippen MR) is 79.3 cm³/mol. The minimum absolute atomic E-state index is 0.745. The minimum atomic E-state index is 0.745. The van der Waals surface area contributed by atoms with Gasteiger partial charge in [-0.25, -0.2) is 0 Å². The van der Waals surface area contributed by atoms with Crippen molar-refractivity contribution in [1.82, 2.24) is 10.9 Å². The van der Waals surface area contributed by atoms with E-state index in [1.807, 2.05) is 36.4 Å². The molecule has 2 nitrogen and oxygen atoms in total. The molecule has 2 aromatic rings. The zero-order valence-corrected chi connectivity index (χ0v) is 12.1. The third kappa shape index (κ3) is 4.42. The van der Waals surface area contributed by atoms with Crippen molar-refractivity contribution in [3.05, 3.63) is 69.2 Å².